The fraction of sp³-hybridized carbons (Fsp3) is 0.300. The molecule has 0 radical (unpaired) electrons. The Morgan fingerprint density at radius 1 is 1.47 bits per heavy atom. The lowest BCUT2D eigenvalue weighted by Gasteiger charge is -2.10. The zero-order valence-corrected chi connectivity index (χ0v) is 11.3. The number of aromatic hydroxyl groups is 1. The maximum absolute atomic E-state index is 11.1. The molecule has 96 valence electrons. The number of benzene rings is 1. The van der Waals surface area contributed by atoms with Crippen molar-refractivity contribution < 1.29 is 14.6 Å². The first-order chi connectivity index (χ1) is 7.45. The normalized spacial score (nSPS) is 11.5. The minimum absolute atomic E-state index is 0. The molecule has 1 atom stereocenters. The Labute approximate surface area is 115 Å². The average Bonchev–Trinajstić information content (AvgIpc) is 2.24. The van der Waals surface area contributed by atoms with Crippen molar-refractivity contribution in [1.29, 1.82) is 0 Å². The van der Waals surface area contributed by atoms with Gasteiger partial charge in [0.1, 0.15) is 6.04 Å². The Balaban J connectivity index is 0.00000256. The first-order valence-corrected chi connectivity index (χ1v) is 5.21. The predicted molar refractivity (Wildman–Crippen MR) is 69.1 cm³/mol. The van der Waals surface area contributed by atoms with Gasteiger partial charge in [-0.05, 0) is 24.1 Å². The lowest BCUT2D eigenvalue weighted by Crippen LogP contribution is -2.33. The number of carbonyl (C=O) groups is 1. The molecular formula is C10H12Cl3NO3. The van der Waals surface area contributed by atoms with Crippen LogP contribution in [0.15, 0.2) is 12.1 Å². The first kappa shape index (κ1) is 16.3. The number of halogens is 3. The van der Waals surface area contributed by atoms with Crippen LogP contribution in [0, 0.1) is 0 Å². The highest BCUT2D eigenvalue weighted by Crippen LogP contribution is 2.32. The van der Waals surface area contributed by atoms with Gasteiger partial charge in [-0.15, -0.1) is 12.4 Å². The molecule has 17 heavy (non-hydrogen) atoms. The van der Waals surface area contributed by atoms with Gasteiger partial charge in [0.15, 0.2) is 5.75 Å². The number of hydrogen-bond acceptors (Lipinski definition) is 4. The van der Waals surface area contributed by atoms with Crippen LogP contribution in [0.4, 0.5) is 0 Å². The monoisotopic (exact) mass is 299 g/mol. The van der Waals surface area contributed by atoms with Gasteiger partial charge >= 0.3 is 5.97 Å². The molecule has 0 aliphatic carbocycles. The van der Waals surface area contributed by atoms with Gasteiger partial charge in [0, 0.05) is 0 Å². The number of carbonyl (C=O) groups excluding carboxylic acids is 1. The molecule has 0 saturated carbocycles. The largest absolute Gasteiger partial charge is 0.505 e. The molecule has 0 bridgehead atoms. The van der Waals surface area contributed by atoms with E-state index in [1.54, 1.807) is 0 Å². The van der Waals surface area contributed by atoms with E-state index >= 15 is 0 Å². The lowest BCUT2D eigenvalue weighted by atomic mass is 10.1. The quantitative estimate of drug-likeness (QED) is 0.839. The molecule has 1 aromatic carbocycles. The van der Waals surface area contributed by atoms with Crippen LogP contribution in [0.2, 0.25) is 10.0 Å². The minimum Gasteiger partial charge on any atom is -0.505 e. The van der Waals surface area contributed by atoms with E-state index in [1.165, 1.54) is 19.2 Å². The fourth-order valence-corrected chi connectivity index (χ4v) is 1.76. The Kier molecular flexibility index (Phi) is 6.64. The van der Waals surface area contributed by atoms with Crippen LogP contribution in [-0.2, 0) is 16.0 Å². The van der Waals surface area contributed by atoms with Gasteiger partial charge in [-0.2, -0.15) is 0 Å². The highest BCUT2D eigenvalue weighted by atomic mass is 35.5. The second kappa shape index (κ2) is 6.91. The number of ether oxygens (including phenoxy) is 1. The van der Waals surface area contributed by atoms with Crippen LogP contribution in [-0.4, -0.2) is 24.2 Å². The van der Waals surface area contributed by atoms with Gasteiger partial charge in [-0.25, -0.2) is 0 Å². The summed E-state index contributed by atoms with van der Waals surface area (Å²) in [7, 11) is 1.26. The highest BCUT2D eigenvalue weighted by Gasteiger charge is 2.16. The summed E-state index contributed by atoms with van der Waals surface area (Å²) in [5.41, 5.74) is 6.23. The number of esters is 1. The van der Waals surface area contributed by atoms with Crippen LogP contribution >= 0.6 is 35.6 Å². The number of methoxy groups -OCH3 is 1. The van der Waals surface area contributed by atoms with Crippen LogP contribution in [0.25, 0.3) is 0 Å². The fourth-order valence-electron chi connectivity index (χ4n) is 1.22. The third-order valence-electron chi connectivity index (χ3n) is 2.04. The summed E-state index contributed by atoms with van der Waals surface area (Å²) in [4.78, 5) is 11.1. The summed E-state index contributed by atoms with van der Waals surface area (Å²) in [5, 5.41) is 9.58. The van der Waals surface area contributed by atoms with E-state index in [9.17, 15) is 9.90 Å². The molecule has 1 rings (SSSR count). The number of nitrogens with two attached hydrogens (primary N) is 1. The minimum atomic E-state index is -0.776. The van der Waals surface area contributed by atoms with E-state index in [-0.39, 0.29) is 34.6 Å². The SMILES string of the molecule is COC(=O)[C@@H](N)Cc1cc(Cl)c(O)c(Cl)c1.Cl. The van der Waals surface area contributed by atoms with Crippen LogP contribution < -0.4 is 5.73 Å². The standard InChI is InChI=1S/C10H11Cl2NO3.ClH/c1-16-10(15)8(13)4-5-2-6(11)9(14)7(12)3-5;/h2-3,8,14H,4,13H2,1H3;1H/t8-;/m0./s1. The van der Waals surface area contributed by atoms with Gasteiger partial charge in [-0.1, -0.05) is 23.2 Å². The average molecular weight is 301 g/mol. The molecule has 1 aromatic rings. The van der Waals surface area contributed by atoms with Gasteiger partial charge in [0.05, 0.1) is 17.2 Å². The molecule has 0 amide bonds. The highest BCUT2D eigenvalue weighted by molar-refractivity contribution is 6.37. The predicted octanol–water partition coefficient (Wildman–Crippen LogP) is 2.16. The van der Waals surface area contributed by atoms with Crippen molar-refractivity contribution in [2.24, 2.45) is 5.73 Å². The zero-order valence-electron chi connectivity index (χ0n) is 8.94. The first-order valence-electron chi connectivity index (χ1n) is 4.46. The summed E-state index contributed by atoms with van der Waals surface area (Å²) < 4.78 is 4.49. The third-order valence-corrected chi connectivity index (χ3v) is 2.61. The molecule has 0 aliphatic heterocycles. The van der Waals surface area contributed by atoms with Gasteiger partial charge in [0.25, 0.3) is 0 Å². The molecule has 0 fully saturated rings. The van der Waals surface area contributed by atoms with Crippen molar-refractivity contribution in [1.82, 2.24) is 0 Å². The van der Waals surface area contributed by atoms with E-state index < -0.39 is 12.0 Å². The maximum Gasteiger partial charge on any atom is 0.322 e. The third kappa shape index (κ3) is 4.24. The second-order valence-corrected chi connectivity index (χ2v) is 4.06. The van der Waals surface area contributed by atoms with Crippen LogP contribution in [0.5, 0.6) is 5.75 Å². The van der Waals surface area contributed by atoms with Crippen molar-refractivity contribution in [3.63, 3.8) is 0 Å². The van der Waals surface area contributed by atoms with Crippen molar-refractivity contribution >= 4 is 41.6 Å². The zero-order chi connectivity index (χ0) is 12.3. The Hall–Kier alpha value is -0.680. The molecular weight excluding hydrogens is 288 g/mol. The lowest BCUT2D eigenvalue weighted by molar-refractivity contribution is -0.142. The Bertz CT molecular complexity index is 389. The van der Waals surface area contributed by atoms with Crippen molar-refractivity contribution in [3.05, 3.63) is 27.7 Å². The van der Waals surface area contributed by atoms with E-state index in [4.69, 9.17) is 28.9 Å². The number of phenolic OH excluding ortho intramolecular Hbond substituents is 1. The van der Waals surface area contributed by atoms with Crippen LogP contribution in [0.1, 0.15) is 5.56 Å². The smallest absolute Gasteiger partial charge is 0.322 e. The van der Waals surface area contributed by atoms with Gasteiger partial charge in [-0.3, -0.25) is 4.79 Å². The molecule has 0 spiro atoms. The number of phenols is 1. The number of rotatable bonds is 3. The van der Waals surface area contributed by atoms with Gasteiger partial charge < -0.3 is 15.6 Å². The van der Waals surface area contributed by atoms with E-state index in [0.717, 1.165) is 0 Å². The molecule has 3 N–H and O–H groups in total. The molecule has 0 heterocycles. The summed E-state index contributed by atoms with van der Waals surface area (Å²) in [6.07, 6.45) is 0.242. The van der Waals surface area contributed by atoms with E-state index in [2.05, 4.69) is 4.74 Å². The number of hydrogen-bond donors (Lipinski definition) is 2. The second-order valence-electron chi connectivity index (χ2n) is 3.24. The summed E-state index contributed by atoms with van der Waals surface area (Å²) >= 11 is 11.4. The topological polar surface area (TPSA) is 72.5 Å². The Morgan fingerprint density at radius 2 is 1.94 bits per heavy atom. The van der Waals surface area contributed by atoms with E-state index in [0.29, 0.717) is 5.56 Å². The summed E-state index contributed by atoms with van der Waals surface area (Å²) in [6.45, 7) is 0. The molecule has 0 aromatic heterocycles. The molecule has 4 nitrogen and oxygen atoms in total. The van der Waals surface area contributed by atoms with Crippen LogP contribution in [0.3, 0.4) is 0 Å². The van der Waals surface area contributed by atoms with Crippen molar-refractivity contribution in [2.45, 2.75) is 12.5 Å². The molecule has 0 aliphatic rings. The molecule has 0 saturated heterocycles. The summed E-state index contributed by atoms with van der Waals surface area (Å²) in [5.74, 6) is -0.695. The van der Waals surface area contributed by atoms with Gasteiger partial charge in [0.2, 0.25) is 0 Å². The summed E-state index contributed by atoms with van der Waals surface area (Å²) in [6, 6.07) is 2.23. The van der Waals surface area contributed by atoms with E-state index in [1.807, 2.05) is 0 Å². The van der Waals surface area contributed by atoms with Crippen molar-refractivity contribution in [2.75, 3.05) is 7.11 Å². The molecule has 7 heteroatoms. The Morgan fingerprint density at radius 3 is 2.35 bits per heavy atom. The van der Waals surface area contributed by atoms with Crippen molar-refractivity contribution in [3.8, 4) is 5.75 Å². The maximum atomic E-state index is 11.1. The molecule has 0 unspecified atom stereocenters.